The van der Waals surface area contributed by atoms with Crippen molar-refractivity contribution in [2.24, 2.45) is 0 Å². The Morgan fingerprint density at radius 2 is 1.79 bits per heavy atom. The van der Waals surface area contributed by atoms with E-state index in [1.54, 1.807) is 26.2 Å². The molecular weight excluding hydrogens is 307 g/mol. The Labute approximate surface area is 141 Å². The van der Waals surface area contributed by atoms with Crippen LogP contribution in [-0.4, -0.2) is 19.7 Å². The molecule has 0 radical (unpaired) electrons. The zero-order chi connectivity index (χ0) is 17.1. The number of carbonyl (C=O) groups is 1. The van der Waals surface area contributed by atoms with Crippen molar-refractivity contribution in [3.63, 3.8) is 0 Å². The Morgan fingerprint density at radius 3 is 2.46 bits per heavy atom. The summed E-state index contributed by atoms with van der Waals surface area (Å²) in [5.41, 5.74) is 4.20. The fourth-order valence-corrected chi connectivity index (χ4v) is 3.44. The van der Waals surface area contributed by atoms with Gasteiger partial charge in [0.25, 0.3) is 0 Å². The van der Waals surface area contributed by atoms with Gasteiger partial charge >= 0.3 is 5.97 Å². The number of fused-ring (bicyclic) bond motifs is 2. The molecule has 2 aromatic rings. The molecule has 126 valence electrons. The molecule has 0 fully saturated rings. The van der Waals surface area contributed by atoms with E-state index in [2.05, 4.69) is 0 Å². The van der Waals surface area contributed by atoms with Crippen LogP contribution in [0.2, 0.25) is 0 Å². The fraction of sp³-hybridized carbons (Fsp3) is 0.350. The minimum absolute atomic E-state index is 0.122. The summed E-state index contributed by atoms with van der Waals surface area (Å²) in [4.78, 5) is 12.1. The van der Waals surface area contributed by atoms with Crippen molar-refractivity contribution < 1.29 is 18.7 Å². The van der Waals surface area contributed by atoms with Crippen molar-refractivity contribution in [1.29, 1.82) is 0 Å². The Morgan fingerprint density at radius 1 is 1.12 bits per heavy atom. The predicted octanol–water partition coefficient (Wildman–Crippen LogP) is 4.02. The highest BCUT2D eigenvalue weighted by atomic mass is 19.1. The Balaban J connectivity index is 2.07. The normalized spacial score (nSPS) is 15.9. The zero-order valence-electron chi connectivity index (χ0n) is 14.0. The molecule has 0 saturated carbocycles. The average Bonchev–Trinajstić information content (AvgIpc) is 2.72. The number of hydrogen-bond donors (Lipinski definition) is 0. The minimum Gasteiger partial charge on any atom is -0.497 e. The van der Waals surface area contributed by atoms with Gasteiger partial charge in [0.15, 0.2) is 0 Å². The summed E-state index contributed by atoms with van der Waals surface area (Å²) < 4.78 is 24.1. The first-order valence-electron chi connectivity index (χ1n) is 8.23. The van der Waals surface area contributed by atoms with Crippen molar-refractivity contribution in [2.45, 2.75) is 32.1 Å². The van der Waals surface area contributed by atoms with Gasteiger partial charge in [-0.25, -0.2) is 4.39 Å². The quantitative estimate of drug-likeness (QED) is 0.795. The lowest BCUT2D eigenvalue weighted by molar-refractivity contribution is -0.143. The maximum Gasteiger partial charge on any atom is 0.306 e. The van der Waals surface area contributed by atoms with E-state index in [0.717, 1.165) is 40.8 Å². The number of aryl methyl sites for hydroxylation is 2. The molecule has 1 unspecified atom stereocenters. The van der Waals surface area contributed by atoms with Gasteiger partial charge in [0.2, 0.25) is 0 Å². The molecule has 4 heteroatoms. The molecule has 2 aromatic carbocycles. The summed E-state index contributed by atoms with van der Waals surface area (Å²) in [6.07, 6.45) is 1.79. The fourth-order valence-electron chi connectivity index (χ4n) is 3.44. The van der Waals surface area contributed by atoms with Crippen LogP contribution >= 0.6 is 0 Å². The number of esters is 1. The Bertz CT molecular complexity index is 755. The maximum absolute atomic E-state index is 13.7. The van der Waals surface area contributed by atoms with Gasteiger partial charge in [0, 0.05) is 5.92 Å². The molecule has 0 bridgehead atoms. The average molecular weight is 328 g/mol. The second-order valence-corrected chi connectivity index (χ2v) is 5.97. The molecule has 1 aliphatic rings. The van der Waals surface area contributed by atoms with E-state index in [4.69, 9.17) is 9.47 Å². The first kappa shape index (κ1) is 16.5. The summed E-state index contributed by atoms with van der Waals surface area (Å²) in [7, 11) is 1.64. The van der Waals surface area contributed by atoms with Crippen molar-refractivity contribution in [3.05, 3.63) is 64.5 Å². The third-order valence-electron chi connectivity index (χ3n) is 4.55. The van der Waals surface area contributed by atoms with Crippen LogP contribution in [0, 0.1) is 5.82 Å². The number of ether oxygens (including phenoxy) is 2. The molecule has 24 heavy (non-hydrogen) atoms. The number of benzene rings is 2. The van der Waals surface area contributed by atoms with Crippen LogP contribution in [0.5, 0.6) is 5.75 Å². The van der Waals surface area contributed by atoms with E-state index in [-0.39, 0.29) is 24.1 Å². The van der Waals surface area contributed by atoms with Gasteiger partial charge in [-0.05, 0) is 66.3 Å². The molecule has 0 amide bonds. The molecule has 0 aromatic heterocycles. The third kappa shape index (κ3) is 3.28. The third-order valence-corrected chi connectivity index (χ3v) is 4.55. The summed E-state index contributed by atoms with van der Waals surface area (Å²) in [6.45, 7) is 2.16. The van der Waals surface area contributed by atoms with Gasteiger partial charge in [-0.3, -0.25) is 4.79 Å². The molecule has 0 aliphatic heterocycles. The first-order valence-corrected chi connectivity index (χ1v) is 8.23. The Hall–Kier alpha value is -2.36. The number of methoxy groups -OCH3 is 1. The van der Waals surface area contributed by atoms with Gasteiger partial charge in [-0.15, -0.1) is 0 Å². The summed E-state index contributed by atoms with van der Waals surface area (Å²) in [5, 5.41) is 0. The van der Waals surface area contributed by atoms with E-state index in [1.165, 1.54) is 6.07 Å². The standard InChI is InChI=1S/C20H21FO3/c1-3-24-20(22)12-19-17-8-6-15(21)10-13(17)4-5-14-11-16(23-2)7-9-18(14)19/h6-11,19H,3-5,12H2,1-2H3. The van der Waals surface area contributed by atoms with E-state index in [9.17, 15) is 9.18 Å². The van der Waals surface area contributed by atoms with E-state index < -0.39 is 0 Å². The Kier molecular flexibility index (Phi) is 4.84. The number of halogens is 1. The lowest BCUT2D eigenvalue weighted by atomic mass is 9.85. The number of rotatable bonds is 4. The van der Waals surface area contributed by atoms with Crippen LogP contribution in [-0.2, 0) is 22.4 Å². The van der Waals surface area contributed by atoms with Gasteiger partial charge < -0.3 is 9.47 Å². The topological polar surface area (TPSA) is 35.5 Å². The lowest BCUT2D eigenvalue weighted by Crippen LogP contribution is -2.13. The van der Waals surface area contributed by atoms with Crippen molar-refractivity contribution in [2.75, 3.05) is 13.7 Å². The predicted molar refractivity (Wildman–Crippen MR) is 89.9 cm³/mol. The van der Waals surface area contributed by atoms with Gasteiger partial charge in [-0.2, -0.15) is 0 Å². The van der Waals surface area contributed by atoms with Crippen LogP contribution in [0.15, 0.2) is 36.4 Å². The second-order valence-electron chi connectivity index (χ2n) is 5.97. The van der Waals surface area contributed by atoms with E-state index >= 15 is 0 Å². The van der Waals surface area contributed by atoms with Gasteiger partial charge in [0.1, 0.15) is 11.6 Å². The molecule has 0 heterocycles. The number of hydrogen-bond acceptors (Lipinski definition) is 3. The lowest BCUT2D eigenvalue weighted by Gasteiger charge is -2.20. The van der Waals surface area contributed by atoms with Crippen LogP contribution in [0.1, 0.15) is 41.5 Å². The molecule has 0 spiro atoms. The van der Waals surface area contributed by atoms with Crippen molar-refractivity contribution in [3.8, 4) is 5.75 Å². The second kappa shape index (κ2) is 7.04. The molecule has 0 N–H and O–H groups in total. The van der Waals surface area contributed by atoms with Crippen LogP contribution in [0.25, 0.3) is 0 Å². The van der Waals surface area contributed by atoms with Crippen LogP contribution in [0.4, 0.5) is 4.39 Å². The highest BCUT2D eigenvalue weighted by Crippen LogP contribution is 2.38. The molecule has 1 aliphatic carbocycles. The summed E-state index contributed by atoms with van der Waals surface area (Å²) in [6, 6.07) is 10.8. The van der Waals surface area contributed by atoms with Crippen LogP contribution < -0.4 is 4.74 Å². The molecule has 3 rings (SSSR count). The SMILES string of the molecule is CCOC(=O)CC1c2ccc(F)cc2CCc2cc(OC)ccc21. The van der Waals surface area contributed by atoms with E-state index in [1.807, 2.05) is 18.2 Å². The molecular formula is C20H21FO3. The van der Waals surface area contributed by atoms with Gasteiger partial charge in [0.05, 0.1) is 20.1 Å². The smallest absolute Gasteiger partial charge is 0.306 e. The monoisotopic (exact) mass is 328 g/mol. The summed E-state index contributed by atoms with van der Waals surface area (Å²) in [5.74, 6) is 0.192. The van der Waals surface area contributed by atoms with Crippen molar-refractivity contribution in [1.82, 2.24) is 0 Å². The largest absolute Gasteiger partial charge is 0.497 e. The zero-order valence-corrected chi connectivity index (χ0v) is 14.0. The maximum atomic E-state index is 13.7. The first-order chi connectivity index (χ1) is 11.6. The van der Waals surface area contributed by atoms with Gasteiger partial charge in [-0.1, -0.05) is 12.1 Å². The molecule has 1 atom stereocenters. The molecule has 3 nitrogen and oxygen atoms in total. The molecule has 0 saturated heterocycles. The minimum atomic E-state index is -0.243. The van der Waals surface area contributed by atoms with Crippen molar-refractivity contribution >= 4 is 5.97 Å². The highest BCUT2D eigenvalue weighted by Gasteiger charge is 2.27. The number of carbonyl (C=O) groups excluding carboxylic acids is 1. The summed E-state index contributed by atoms with van der Waals surface area (Å²) >= 11 is 0. The highest BCUT2D eigenvalue weighted by molar-refractivity contribution is 5.72. The van der Waals surface area contributed by atoms with Crippen LogP contribution in [0.3, 0.4) is 0 Å². The van der Waals surface area contributed by atoms with E-state index in [0.29, 0.717) is 6.61 Å².